The second kappa shape index (κ2) is 10.6. The van der Waals surface area contributed by atoms with Crippen LogP contribution < -0.4 is 14.4 Å². The zero-order valence-electron chi connectivity index (χ0n) is 18.6. The molecule has 0 atom stereocenters. The predicted molar refractivity (Wildman–Crippen MR) is 122 cm³/mol. The molecule has 2 aromatic carbocycles. The number of methoxy groups -OCH3 is 1. The quantitative estimate of drug-likeness (QED) is 0.313. The monoisotopic (exact) mass is 532 g/mol. The summed E-state index contributed by atoms with van der Waals surface area (Å²) in [5.74, 6) is -3.59. The van der Waals surface area contributed by atoms with E-state index in [-0.39, 0.29) is 36.7 Å². The van der Waals surface area contributed by atoms with Gasteiger partial charge in [-0.3, -0.25) is 24.1 Å². The van der Waals surface area contributed by atoms with E-state index in [1.54, 1.807) is 29.2 Å². The molecular formula is C23H21BrN2O8. The molecule has 1 heterocycles. The lowest BCUT2D eigenvalue weighted by Gasteiger charge is -2.33. The number of ether oxygens (including phenoxy) is 3. The molecule has 0 N–H and O–H groups in total. The number of benzene rings is 2. The van der Waals surface area contributed by atoms with Gasteiger partial charge in [-0.15, -0.1) is 0 Å². The first-order valence-electron chi connectivity index (χ1n) is 10.1. The normalized spacial score (nSPS) is 14.1. The maximum absolute atomic E-state index is 12.8. The summed E-state index contributed by atoms with van der Waals surface area (Å²) in [6.07, 6.45) is 0. The van der Waals surface area contributed by atoms with E-state index in [9.17, 15) is 24.0 Å². The van der Waals surface area contributed by atoms with Gasteiger partial charge < -0.3 is 14.2 Å². The van der Waals surface area contributed by atoms with E-state index < -0.39 is 29.7 Å². The van der Waals surface area contributed by atoms with Crippen molar-refractivity contribution < 1.29 is 38.2 Å². The molecular weight excluding hydrogens is 512 g/mol. The Morgan fingerprint density at radius 2 is 1.56 bits per heavy atom. The molecule has 0 aliphatic carbocycles. The second-order valence-electron chi connectivity index (χ2n) is 7.36. The van der Waals surface area contributed by atoms with Gasteiger partial charge in [-0.2, -0.15) is 0 Å². The van der Waals surface area contributed by atoms with Crippen LogP contribution in [0.3, 0.4) is 0 Å². The second-order valence-corrected chi connectivity index (χ2v) is 8.27. The molecule has 1 saturated heterocycles. The van der Waals surface area contributed by atoms with Crippen LogP contribution in [0.15, 0.2) is 40.9 Å². The molecule has 0 bridgehead atoms. The van der Waals surface area contributed by atoms with Crippen LogP contribution in [-0.4, -0.2) is 54.8 Å². The molecule has 178 valence electrons. The first-order chi connectivity index (χ1) is 16.1. The molecule has 1 aliphatic rings. The number of halogens is 1. The molecule has 3 rings (SSSR count). The highest BCUT2D eigenvalue weighted by molar-refractivity contribution is 9.10. The van der Waals surface area contributed by atoms with Crippen molar-refractivity contribution in [2.45, 2.75) is 20.4 Å². The third-order valence-electron chi connectivity index (χ3n) is 4.77. The van der Waals surface area contributed by atoms with Gasteiger partial charge in [0, 0.05) is 30.4 Å². The predicted octanol–water partition coefficient (Wildman–Crippen LogP) is 2.46. The number of carbonyl (C=O) groups excluding carboxylic acids is 5. The number of nitrogens with zero attached hydrogens (tertiary/aromatic N) is 2. The van der Waals surface area contributed by atoms with Crippen LogP contribution in [0.5, 0.6) is 11.5 Å². The van der Waals surface area contributed by atoms with Gasteiger partial charge in [0.05, 0.1) is 25.9 Å². The number of rotatable bonds is 6. The summed E-state index contributed by atoms with van der Waals surface area (Å²) >= 11 is 3.33. The van der Waals surface area contributed by atoms with Crippen LogP contribution in [0, 0.1) is 0 Å². The number of piperazine rings is 1. The van der Waals surface area contributed by atoms with E-state index in [1.807, 2.05) is 0 Å². The van der Waals surface area contributed by atoms with Crippen molar-refractivity contribution in [1.82, 2.24) is 4.90 Å². The van der Waals surface area contributed by atoms with E-state index in [0.29, 0.717) is 11.3 Å². The average Bonchev–Trinajstić information content (AvgIpc) is 2.74. The maximum atomic E-state index is 12.8. The number of hydrogen-bond acceptors (Lipinski definition) is 9. The molecule has 2 aromatic rings. The van der Waals surface area contributed by atoms with Crippen LogP contribution in [0.25, 0.3) is 0 Å². The summed E-state index contributed by atoms with van der Waals surface area (Å²) in [4.78, 5) is 63.9. The van der Waals surface area contributed by atoms with E-state index in [0.717, 1.165) is 30.3 Å². The highest BCUT2D eigenvalue weighted by Crippen LogP contribution is 2.37. The van der Waals surface area contributed by atoms with Crippen molar-refractivity contribution in [2.24, 2.45) is 0 Å². The average molecular weight is 533 g/mol. The van der Waals surface area contributed by atoms with Gasteiger partial charge in [-0.1, -0.05) is 28.1 Å². The lowest BCUT2D eigenvalue weighted by Crippen LogP contribution is -2.53. The summed E-state index contributed by atoms with van der Waals surface area (Å²) in [7, 11) is 1.15. The van der Waals surface area contributed by atoms with Crippen LogP contribution in [0.1, 0.15) is 29.8 Å². The molecule has 1 fully saturated rings. The van der Waals surface area contributed by atoms with E-state index in [2.05, 4.69) is 15.9 Å². The van der Waals surface area contributed by atoms with Gasteiger partial charge in [0.2, 0.25) is 11.8 Å². The third-order valence-corrected chi connectivity index (χ3v) is 5.26. The van der Waals surface area contributed by atoms with E-state index >= 15 is 0 Å². The molecule has 0 spiro atoms. The summed E-state index contributed by atoms with van der Waals surface area (Å²) in [5, 5.41) is 0. The lowest BCUT2D eigenvalue weighted by atomic mass is 10.1. The Morgan fingerprint density at radius 1 is 0.941 bits per heavy atom. The highest BCUT2D eigenvalue weighted by Gasteiger charge is 2.33. The van der Waals surface area contributed by atoms with Crippen LogP contribution in [-0.2, 0) is 30.5 Å². The number of esters is 3. The van der Waals surface area contributed by atoms with E-state index in [1.165, 1.54) is 12.1 Å². The number of amides is 2. The molecule has 2 amide bonds. The zero-order chi connectivity index (χ0) is 25.0. The minimum absolute atomic E-state index is 0.00212. The number of anilines is 1. The molecule has 0 saturated carbocycles. The Bertz CT molecular complexity index is 1160. The summed E-state index contributed by atoms with van der Waals surface area (Å²) < 4.78 is 15.9. The fourth-order valence-corrected chi connectivity index (χ4v) is 3.86. The third kappa shape index (κ3) is 5.67. The summed E-state index contributed by atoms with van der Waals surface area (Å²) in [6, 6.07) is 9.66. The Balaban J connectivity index is 1.93. The standard InChI is InChI=1S/C23H21BrN2O8/c1-13(27)33-21-15(7-8-18(23(31)32-3)22(21)34-14(2)28)10-25-11-19(29)26(20(30)12-25)17-6-4-5-16(24)9-17/h4-9H,10-12H2,1-3H3. The van der Waals surface area contributed by atoms with Crippen molar-refractivity contribution in [3.63, 3.8) is 0 Å². The van der Waals surface area contributed by atoms with Gasteiger partial charge in [0.15, 0.2) is 11.5 Å². The Labute approximate surface area is 203 Å². The molecule has 0 unspecified atom stereocenters. The van der Waals surface area contributed by atoms with Gasteiger partial charge in [0.1, 0.15) is 5.56 Å². The van der Waals surface area contributed by atoms with Crippen molar-refractivity contribution in [3.05, 3.63) is 52.0 Å². The SMILES string of the molecule is COC(=O)c1ccc(CN2CC(=O)N(c3cccc(Br)c3)C(=O)C2)c(OC(C)=O)c1OC(C)=O. The zero-order valence-corrected chi connectivity index (χ0v) is 20.2. The molecule has 1 aliphatic heterocycles. The minimum atomic E-state index is -0.802. The largest absolute Gasteiger partial charge is 0.465 e. The van der Waals surface area contributed by atoms with Crippen LogP contribution in [0.4, 0.5) is 5.69 Å². The van der Waals surface area contributed by atoms with Gasteiger partial charge in [-0.25, -0.2) is 9.69 Å². The fraction of sp³-hybridized carbons (Fsp3) is 0.261. The molecule has 0 radical (unpaired) electrons. The fourth-order valence-electron chi connectivity index (χ4n) is 3.47. The number of hydrogen-bond donors (Lipinski definition) is 0. The highest BCUT2D eigenvalue weighted by atomic mass is 79.9. The van der Waals surface area contributed by atoms with E-state index in [4.69, 9.17) is 14.2 Å². The van der Waals surface area contributed by atoms with Crippen LogP contribution in [0.2, 0.25) is 0 Å². The lowest BCUT2D eigenvalue weighted by molar-refractivity contribution is -0.134. The molecule has 10 nitrogen and oxygen atoms in total. The maximum Gasteiger partial charge on any atom is 0.341 e. The smallest absolute Gasteiger partial charge is 0.341 e. The van der Waals surface area contributed by atoms with Crippen molar-refractivity contribution in [2.75, 3.05) is 25.1 Å². The topological polar surface area (TPSA) is 120 Å². The summed E-state index contributed by atoms with van der Waals surface area (Å²) in [6.45, 7) is 2.08. The number of carbonyl (C=O) groups is 5. The Hall–Kier alpha value is -3.57. The molecule has 11 heteroatoms. The first-order valence-corrected chi connectivity index (χ1v) is 10.8. The first kappa shape index (κ1) is 25.1. The van der Waals surface area contributed by atoms with Gasteiger partial charge in [0.25, 0.3) is 0 Å². The molecule has 34 heavy (non-hydrogen) atoms. The Morgan fingerprint density at radius 3 is 2.12 bits per heavy atom. The van der Waals surface area contributed by atoms with Crippen molar-refractivity contribution in [3.8, 4) is 11.5 Å². The van der Waals surface area contributed by atoms with Crippen molar-refractivity contribution >= 4 is 51.3 Å². The van der Waals surface area contributed by atoms with Crippen LogP contribution >= 0.6 is 15.9 Å². The van der Waals surface area contributed by atoms with Crippen molar-refractivity contribution in [1.29, 1.82) is 0 Å². The Kier molecular flexibility index (Phi) is 7.79. The number of imide groups is 1. The van der Waals surface area contributed by atoms with Gasteiger partial charge in [-0.05, 0) is 24.3 Å². The summed E-state index contributed by atoms with van der Waals surface area (Å²) in [5.41, 5.74) is 0.657. The van der Waals surface area contributed by atoms with Gasteiger partial charge >= 0.3 is 17.9 Å². The minimum Gasteiger partial charge on any atom is -0.465 e. The molecule has 0 aromatic heterocycles.